The van der Waals surface area contributed by atoms with Gasteiger partial charge >= 0.3 is 96.8 Å². The molecular formula is C6H15I2O3Zr. The Labute approximate surface area is 95.3 Å². The normalized spacial score (nSPS) is 15.6. The predicted molar refractivity (Wildman–Crippen MR) is 62.9 cm³/mol. The fourth-order valence-corrected chi connectivity index (χ4v) is 15.8. The quantitative estimate of drug-likeness (QED) is 0.547. The van der Waals surface area contributed by atoms with Crippen molar-refractivity contribution in [2.75, 3.05) is 19.8 Å². The molecule has 0 spiro atoms. The maximum atomic E-state index is 5.64. The summed E-state index contributed by atoms with van der Waals surface area (Å²) in [6.07, 6.45) is 0. The van der Waals surface area contributed by atoms with Crippen molar-refractivity contribution in [1.82, 2.24) is 0 Å². The zero-order chi connectivity index (χ0) is 9.69. The van der Waals surface area contributed by atoms with Crippen LogP contribution in [-0.2, 0) is 20.2 Å². The summed E-state index contributed by atoms with van der Waals surface area (Å²) < 4.78 is 16.9. The fourth-order valence-electron chi connectivity index (χ4n) is 0.806. The van der Waals surface area contributed by atoms with E-state index in [1.807, 2.05) is 20.8 Å². The molecule has 0 radical (unpaired) electrons. The Morgan fingerprint density at radius 3 is 1.25 bits per heavy atom. The predicted octanol–water partition coefficient (Wildman–Crippen LogP) is 3.23. The van der Waals surface area contributed by atoms with Gasteiger partial charge in [-0.3, -0.25) is 0 Å². The van der Waals surface area contributed by atoms with Gasteiger partial charge < -0.3 is 0 Å². The van der Waals surface area contributed by atoms with Crippen LogP contribution in [0.2, 0.25) is 0 Å². The van der Waals surface area contributed by atoms with Gasteiger partial charge in [0.15, 0.2) is 0 Å². The summed E-state index contributed by atoms with van der Waals surface area (Å²) in [6.45, 7) is 7.83. The molecule has 0 aliphatic carbocycles. The van der Waals surface area contributed by atoms with E-state index in [0.717, 1.165) is 0 Å². The van der Waals surface area contributed by atoms with Gasteiger partial charge in [0.1, 0.15) is 0 Å². The van der Waals surface area contributed by atoms with E-state index in [1.54, 1.807) is 0 Å². The summed E-state index contributed by atoms with van der Waals surface area (Å²) in [5.74, 6) is 0. The summed E-state index contributed by atoms with van der Waals surface area (Å²) in [6, 6.07) is 0. The Balaban J connectivity index is 4.31. The topological polar surface area (TPSA) is 27.7 Å². The van der Waals surface area contributed by atoms with E-state index >= 15 is 0 Å². The van der Waals surface area contributed by atoms with Crippen LogP contribution >= 0.6 is 36.1 Å². The van der Waals surface area contributed by atoms with Gasteiger partial charge in [0.05, 0.1) is 0 Å². The van der Waals surface area contributed by atoms with Crippen LogP contribution in [0.1, 0.15) is 20.8 Å². The molecule has 0 unspecified atom stereocenters. The van der Waals surface area contributed by atoms with Crippen molar-refractivity contribution in [3.05, 3.63) is 0 Å². The van der Waals surface area contributed by atoms with E-state index in [1.165, 1.54) is 0 Å². The van der Waals surface area contributed by atoms with Crippen LogP contribution in [-0.4, -0.2) is 19.8 Å². The first-order valence-electron chi connectivity index (χ1n) is 3.98. The Kier molecular flexibility index (Phi) is 7.05. The SMILES string of the molecule is CC[O][Zr]([I])([I])([O]CC)[O]CC. The van der Waals surface area contributed by atoms with E-state index in [9.17, 15) is 0 Å². The molecule has 0 aromatic heterocycles. The average Bonchev–Trinajstić information content (AvgIpc) is 1.86. The van der Waals surface area contributed by atoms with Gasteiger partial charge in [-0.15, -0.1) is 0 Å². The van der Waals surface area contributed by atoms with Crippen LogP contribution in [0.25, 0.3) is 0 Å². The summed E-state index contributed by atoms with van der Waals surface area (Å²) in [5.41, 5.74) is 0. The van der Waals surface area contributed by atoms with Gasteiger partial charge in [0.2, 0.25) is 0 Å². The average molecular weight is 480 g/mol. The third-order valence-corrected chi connectivity index (χ3v) is 17.6. The molecule has 0 N–H and O–H groups in total. The van der Waals surface area contributed by atoms with Crippen molar-refractivity contribution in [2.24, 2.45) is 0 Å². The molecule has 0 aromatic carbocycles. The van der Waals surface area contributed by atoms with Gasteiger partial charge in [-0.05, 0) is 0 Å². The zero-order valence-corrected chi connectivity index (χ0v) is 14.4. The van der Waals surface area contributed by atoms with Crippen molar-refractivity contribution >= 4 is 36.1 Å². The van der Waals surface area contributed by atoms with Crippen LogP contribution in [0.15, 0.2) is 0 Å². The van der Waals surface area contributed by atoms with Gasteiger partial charge in [0, 0.05) is 0 Å². The van der Waals surface area contributed by atoms with Crippen molar-refractivity contribution in [3.63, 3.8) is 0 Å². The van der Waals surface area contributed by atoms with E-state index < -0.39 is 11.7 Å². The monoisotopic (exact) mass is 479 g/mol. The van der Waals surface area contributed by atoms with Crippen LogP contribution in [0.3, 0.4) is 0 Å². The van der Waals surface area contributed by atoms with Gasteiger partial charge in [-0.25, -0.2) is 0 Å². The molecule has 3 nitrogen and oxygen atoms in total. The number of hydrogen-bond donors (Lipinski definition) is 0. The van der Waals surface area contributed by atoms with Gasteiger partial charge in [0.25, 0.3) is 0 Å². The van der Waals surface area contributed by atoms with Gasteiger partial charge in [-0.1, -0.05) is 0 Å². The Hall–Kier alpha value is 2.22. The van der Waals surface area contributed by atoms with E-state index in [4.69, 9.17) is 8.44 Å². The Morgan fingerprint density at radius 1 is 0.833 bits per heavy atom. The molecule has 0 saturated heterocycles. The first kappa shape index (κ1) is 14.2. The molecule has 0 aliphatic rings. The Bertz CT molecular complexity index is 119. The molecule has 0 aliphatic heterocycles. The second kappa shape index (κ2) is 5.95. The molecule has 0 saturated carbocycles. The number of hydrogen-bond acceptors (Lipinski definition) is 3. The van der Waals surface area contributed by atoms with Crippen LogP contribution in [0.5, 0.6) is 0 Å². The molecule has 0 rings (SSSR count). The first-order valence-corrected chi connectivity index (χ1v) is 21.6. The number of rotatable bonds is 6. The van der Waals surface area contributed by atoms with Crippen molar-refractivity contribution in [3.8, 4) is 0 Å². The van der Waals surface area contributed by atoms with Crippen molar-refractivity contribution in [1.29, 1.82) is 0 Å². The third kappa shape index (κ3) is 5.19. The van der Waals surface area contributed by atoms with E-state index in [0.29, 0.717) is 19.8 Å². The minimum atomic E-state index is -3.65. The molecule has 6 heteroatoms. The summed E-state index contributed by atoms with van der Waals surface area (Å²) in [4.78, 5) is 0. The molecular weight excluding hydrogens is 465 g/mol. The maximum absolute atomic E-state index is 5.64. The fraction of sp³-hybridized carbons (Fsp3) is 1.00. The summed E-state index contributed by atoms with van der Waals surface area (Å²) in [5, 5.41) is 0. The second-order valence-corrected chi connectivity index (χ2v) is 42.3. The molecule has 0 amide bonds. The van der Waals surface area contributed by atoms with Crippen molar-refractivity contribution < 1.29 is 20.2 Å². The summed E-state index contributed by atoms with van der Waals surface area (Å²) >= 11 is 0.826. The van der Waals surface area contributed by atoms with E-state index in [2.05, 4.69) is 36.1 Å². The Morgan fingerprint density at radius 2 is 1.08 bits per heavy atom. The van der Waals surface area contributed by atoms with E-state index in [-0.39, 0.29) is 0 Å². The van der Waals surface area contributed by atoms with Crippen LogP contribution in [0.4, 0.5) is 0 Å². The molecule has 0 aromatic rings. The van der Waals surface area contributed by atoms with Gasteiger partial charge in [-0.2, -0.15) is 0 Å². The summed E-state index contributed by atoms with van der Waals surface area (Å²) in [7, 11) is 0. The molecule has 0 atom stereocenters. The van der Waals surface area contributed by atoms with Crippen LogP contribution in [0, 0.1) is 0 Å². The number of halogens is 2. The van der Waals surface area contributed by atoms with Crippen LogP contribution < -0.4 is 0 Å². The molecule has 12 heavy (non-hydrogen) atoms. The standard InChI is InChI=1S/3C2H5O.2HI.Zr/c3*1-2-3;;;/h3*2H2,1H3;2*1H;/q3*-1;;;+5/p-2. The second-order valence-electron chi connectivity index (χ2n) is 2.08. The molecule has 0 heterocycles. The molecule has 75 valence electrons. The zero-order valence-electron chi connectivity index (χ0n) is 7.60. The molecule has 0 bridgehead atoms. The first-order chi connectivity index (χ1) is 5.46. The minimum absolute atomic E-state index is 0.650. The molecule has 0 fully saturated rings. The third-order valence-electron chi connectivity index (χ3n) is 1.11. The van der Waals surface area contributed by atoms with Crippen molar-refractivity contribution in [2.45, 2.75) is 20.8 Å².